The highest BCUT2D eigenvalue weighted by Crippen LogP contribution is 2.09. The molecule has 106 valence electrons. The quantitative estimate of drug-likeness (QED) is 0.440. The summed E-state index contributed by atoms with van der Waals surface area (Å²) in [5, 5.41) is 10.5. The lowest BCUT2D eigenvalue weighted by Crippen LogP contribution is -2.36. The topological polar surface area (TPSA) is 76.2 Å². The fourth-order valence-electron chi connectivity index (χ4n) is 2.31. The van der Waals surface area contributed by atoms with Crippen molar-refractivity contribution in [3.8, 4) is 0 Å². The Morgan fingerprint density at radius 3 is 3.00 bits per heavy atom. The third-order valence-electron chi connectivity index (χ3n) is 3.33. The van der Waals surface area contributed by atoms with E-state index in [9.17, 15) is 4.79 Å². The molecule has 7 heteroatoms. The number of rotatable bonds is 4. The third-order valence-corrected chi connectivity index (χ3v) is 3.33. The lowest BCUT2D eigenvalue weighted by Gasteiger charge is -2.09. The molecule has 0 spiro atoms. The molecule has 0 radical (unpaired) electrons. The molecule has 0 bridgehead atoms. The van der Waals surface area contributed by atoms with Crippen LogP contribution in [0.5, 0.6) is 0 Å². The van der Waals surface area contributed by atoms with E-state index in [-0.39, 0.29) is 5.69 Å². The van der Waals surface area contributed by atoms with Crippen molar-refractivity contribution >= 4 is 5.96 Å². The van der Waals surface area contributed by atoms with Gasteiger partial charge in [-0.25, -0.2) is 9.48 Å². The van der Waals surface area contributed by atoms with Crippen molar-refractivity contribution in [2.45, 2.75) is 38.8 Å². The van der Waals surface area contributed by atoms with Crippen molar-refractivity contribution < 1.29 is 0 Å². The van der Waals surface area contributed by atoms with E-state index in [1.165, 1.54) is 0 Å². The Balaban J connectivity index is 1.87. The van der Waals surface area contributed by atoms with Gasteiger partial charge in [-0.05, 0) is 19.3 Å². The summed E-state index contributed by atoms with van der Waals surface area (Å²) in [6, 6.07) is 0. The predicted octanol–water partition coefficient (Wildman–Crippen LogP) is -0.434. The summed E-state index contributed by atoms with van der Waals surface area (Å²) in [4.78, 5) is 16.1. The number of guanidine groups is 1. The Bertz CT molecular complexity index is 501. The van der Waals surface area contributed by atoms with Crippen LogP contribution in [-0.2, 0) is 19.5 Å². The number of aryl methyl sites for hydroxylation is 2. The predicted molar refractivity (Wildman–Crippen MR) is 74.5 cm³/mol. The summed E-state index contributed by atoms with van der Waals surface area (Å²) in [5.74, 6) is 1.70. The van der Waals surface area contributed by atoms with Crippen LogP contribution in [0.2, 0.25) is 0 Å². The Kier molecular flexibility index (Phi) is 4.59. The highest BCUT2D eigenvalue weighted by atomic mass is 16.2. The number of fused-ring (bicyclic) bond motifs is 1. The molecule has 0 amide bonds. The van der Waals surface area contributed by atoms with Crippen LogP contribution < -0.4 is 16.3 Å². The van der Waals surface area contributed by atoms with Gasteiger partial charge < -0.3 is 10.6 Å². The molecule has 1 aromatic heterocycles. The van der Waals surface area contributed by atoms with Gasteiger partial charge in [-0.15, -0.1) is 0 Å². The molecular weight excluding hydrogens is 244 g/mol. The minimum atomic E-state index is 0.0349. The average Bonchev–Trinajstić information content (AvgIpc) is 2.76. The molecule has 7 nitrogen and oxygen atoms in total. The van der Waals surface area contributed by atoms with Gasteiger partial charge in [-0.3, -0.25) is 9.56 Å². The molecule has 0 saturated heterocycles. The lowest BCUT2D eigenvalue weighted by molar-refractivity contribution is 0.509. The molecule has 2 N–H and O–H groups in total. The second-order valence-electron chi connectivity index (χ2n) is 4.63. The number of nitrogens with zero attached hydrogens (tertiary/aromatic N) is 4. The van der Waals surface area contributed by atoms with E-state index in [0.29, 0.717) is 6.54 Å². The van der Waals surface area contributed by atoms with Gasteiger partial charge in [0.15, 0.2) is 5.96 Å². The SMILES string of the molecule is CN=C(NC)NCCCn1nc2n(c1=O)CCCC2. The van der Waals surface area contributed by atoms with Crippen LogP contribution in [0.3, 0.4) is 0 Å². The van der Waals surface area contributed by atoms with Crippen LogP contribution in [0.25, 0.3) is 0 Å². The summed E-state index contributed by atoms with van der Waals surface area (Å²) in [6.45, 7) is 2.23. The zero-order valence-electron chi connectivity index (χ0n) is 11.6. The van der Waals surface area contributed by atoms with E-state index in [2.05, 4.69) is 20.7 Å². The summed E-state index contributed by atoms with van der Waals surface area (Å²) >= 11 is 0. The van der Waals surface area contributed by atoms with Gasteiger partial charge in [0.25, 0.3) is 0 Å². The summed E-state index contributed by atoms with van der Waals surface area (Å²) < 4.78 is 3.40. The molecule has 19 heavy (non-hydrogen) atoms. The number of nitrogens with one attached hydrogen (secondary N) is 2. The van der Waals surface area contributed by atoms with E-state index >= 15 is 0 Å². The first-order chi connectivity index (χ1) is 9.26. The van der Waals surface area contributed by atoms with Crippen LogP contribution in [0, 0.1) is 0 Å². The molecule has 0 saturated carbocycles. The van der Waals surface area contributed by atoms with Gasteiger partial charge in [0.1, 0.15) is 5.82 Å². The first kappa shape index (κ1) is 13.6. The minimum Gasteiger partial charge on any atom is -0.359 e. The van der Waals surface area contributed by atoms with E-state index in [1.807, 2.05) is 11.6 Å². The van der Waals surface area contributed by atoms with Crippen LogP contribution in [-0.4, -0.2) is 40.9 Å². The minimum absolute atomic E-state index is 0.0349. The molecule has 0 fully saturated rings. The molecule has 2 heterocycles. The smallest absolute Gasteiger partial charge is 0.345 e. The Hall–Kier alpha value is -1.79. The fourth-order valence-corrected chi connectivity index (χ4v) is 2.31. The van der Waals surface area contributed by atoms with Crippen molar-refractivity contribution in [1.29, 1.82) is 0 Å². The number of hydrogen-bond donors (Lipinski definition) is 2. The van der Waals surface area contributed by atoms with Crippen LogP contribution in [0.15, 0.2) is 9.79 Å². The number of aliphatic imine (C=N–C) groups is 1. The van der Waals surface area contributed by atoms with Crippen molar-refractivity contribution in [3.63, 3.8) is 0 Å². The number of aromatic nitrogens is 3. The van der Waals surface area contributed by atoms with Gasteiger partial charge in [0.2, 0.25) is 0 Å². The van der Waals surface area contributed by atoms with Crippen LogP contribution in [0.1, 0.15) is 25.1 Å². The Labute approximate surface area is 112 Å². The maximum atomic E-state index is 12.1. The maximum Gasteiger partial charge on any atom is 0.345 e. The van der Waals surface area contributed by atoms with Crippen molar-refractivity contribution in [1.82, 2.24) is 25.0 Å². The van der Waals surface area contributed by atoms with Gasteiger partial charge in [-0.1, -0.05) is 0 Å². The summed E-state index contributed by atoms with van der Waals surface area (Å²) in [6.07, 6.45) is 3.99. The zero-order valence-corrected chi connectivity index (χ0v) is 11.6. The lowest BCUT2D eigenvalue weighted by atomic mass is 10.2. The molecule has 0 unspecified atom stereocenters. The van der Waals surface area contributed by atoms with Gasteiger partial charge in [0.05, 0.1) is 0 Å². The molecule has 0 atom stereocenters. The first-order valence-corrected chi connectivity index (χ1v) is 6.81. The van der Waals surface area contributed by atoms with E-state index in [1.54, 1.807) is 11.7 Å². The third kappa shape index (κ3) is 3.15. The second-order valence-corrected chi connectivity index (χ2v) is 4.63. The van der Waals surface area contributed by atoms with Gasteiger partial charge in [0, 0.05) is 40.2 Å². The zero-order chi connectivity index (χ0) is 13.7. The molecule has 0 aromatic carbocycles. The fraction of sp³-hybridized carbons (Fsp3) is 0.750. The van der Waals surface area contributed by atoms with Crippen LogP contribution in [0.4, 0.5) is 0 Å². The largest absolute Gasteiger partial charge is 0.359 e. The molecule has 2 rings (SSSR count). The summed E-state index contributed by atoms with van der Waals surface area (Å²) in [7, 11) is 3.55. The van der Waals surface area contributed by atoms with Crippen molar-refractivity contribution in [2.75, 3.05) is 20.6 Å². The van der Waals surface area contributed by atoms with Gasteiger partial charge in [-0.2, -0.15) is 5.10 Å². The Morgan fingerprint density at radius 1 is 1.47 bits per heavy atom. The van der Waals surface area contributed by atoms with Gasteiger partial charge >= 0.3 is 5.69 Å². The maximum absolute atomic E-state index is 12.1. The average molecular weight is 266 g/mol. The van der Waals surface area contributed by atoms with E-state index in [0.717, 1.165) is 50.6 Å². The number of hydrogen-bond acceptors (Lipinski definition) is 3. The molecule has 1 aliphatic rings. The van der Waals surface area contributed by atoms with Crippen molar-refractivity contribution in [3.05, 3.63) is 16.3 Å². The van der Waals surface area contributed by atoms with Crippen LogP contribution >= 0.6 is 0 Å². The second kappa shape index (κ2) is 6.40. The molecule has 0 aliphatic carbocycles. The highest BCUT2D eigenvalue weighted by molar-refractivity contribution is 5.79. The van der Waals surface area contributed by atoms with E-state index in [4.69, 9.17) is 0 Å². The Morgan fingerprint density at radius 2 is 2.32 bits per heavy atom. The monoisotopic (exact) mass is 266 g/mol. The molecule has 1 aliphatic heterocycles. The normalized spacial score (nSPS) is 15.2. The highest BCUT2D eigenvalue weighted by Gasteiger charge is 2.15. The molecular formula is C12H22N6O. The first-order valence-electron chi connectivity index (χ1n) is 6.81. The van der Waals surface area contributed by atoms with Crippen molar-refractivity contribution in [2.24, 2.45) is 4.99 Å². The standard InChI is InChI=1S/C12H22N6O/c1-13-11(14-2)15-7-5-9-18-12(19)17-8-4-3-6-10(17)16-18/h3-9H2,1-2H3,(H2,13,14,15). The van der Waals surface area contributed by atoms with E-state index < -0.39 is 0 Å². The summed E-state index contributed by atoms with van der Waals surface area (Å²) in [5.41, 5.74) is 0.0349. The molecule has 1 aromatic rings.